The van der Waals surface area contributed by atoms with E-state index in [0.29, 0.717) is 31.8 Å². The third-order valence-corrected chi connectivity index (χ3v) is 5.87. The Kier molecular flexibility index (Phi) is 7.88. The van der Waals surface area contributed by atoms with Gasteiger partial charge in [0.15, 0.2) is 0 Å². The van der Waals surface area contributed by atoms with Crippen LogP contribution in [0.25, 0.3) is 0 Å². The Hall–Kier alpha value is -3.71. The highest BCUT2D eigenvalue weighted by Crippen LogP contribution is 2.17. The van der Waals surface area contributed by atoms with E-state index in [1.54, 1.807) is 36.5 Å². The van der Waals surface area contributed by atoms with Crippen molar-refractivity contribution in [3.63, 3.8) is 0 Å². The average molecular weight is 460 g/mol. The van der Waals surface area contributed by atoms with E-state index in [1.807, 2.05) is 47.4 Å². The van der Waals surface area contributed by atoms with Crippen LogP contribution in [0.3, 0.4) is 0 Å². The second kappa shape index (κ2) is 11.4. The number of methoxy groups -OCH3 is 1. The zero-order valence-electron chi connectivity index (χ0n) is 19.3. The topological polar surface area (TPSA) is 72.0 Å². The van der Waals surface area contributed by atoms with Crippen LogP contribution in [0.15, 0.2) is 79.1 Å². The number of rotatable bonds is 8. The molecule has 0 radical (unpaired) electrons. The number of benzene rings is 2. The molecule has 0 N–H and O–H groups in total. The number of hydrogen-bond donors (Lipinski definition) is 0. The Labute approximate surface area is 199 Å². The molecule has 1 fully saturated rings. The quantitative estimate of drug-likeness (QED) is 0.517. The Morgan fingerprint density at radius 3 is 2.53 bits per heavy atom. The molecular formula is C27H29N3O4. The number of ether oxygens (including phenoxy) is 2. The van der Waals surface area contributed by atoms with Crippen LogP contribution in [0.1, 0.15) is 21.5 Å². The Balaban J connectivity index is 1.49. The molecule has 7 heteroatoms. The zero-order chi connectivity index (χ0) is 23.8. The Morgan fingerprint density at radius 1 is 1.00 bits per heavy atom. The molecule has 7 nitrogen and oxygen atoms in total. The maximum atomic E-state index is 13.1. The summed E-state index contributed by atoms with van der Waals surface area (Å²) in [5.74, 6) is 0.484. The summed E-state index contributed by atoms with van der Waals surface area (Å²) >= 11 is 0. The molecule has 0 aliphatic carbocycles. The smallest absolute Gasteiger partial charge is 0.254 e. The fourth-order valence-corrected chi connectivity index (χ4v) is 4.02. The lowest BCUT2D eigenvalue weighted by Crippen LogP contribution is -2.40. The molecule has 2 amide bonds. The second-order valence-corrected chi connectivity index (χ2v) is 8.28. The summed E-state index contributed by atoms with van der Waals surface area (Å²) in [5, 5.41) is 0. The number of aromatic nitrogens is 1. The minimum absolute atomic E-state index is 0.0228. The molecule has 2 aromatic carbocycles. The van der Waals surface area contributed by atoms with Crippen molar-refractivity contribution in [1.29, 1.82) is 0 Å². The van der Waals surface area contributed by atoms with Gasteiger partial charge in [-0.05, 0) is 41.8 Å². The van der Waals surface area contributed by atoms with Crippen molar-refractivity contribution in [2.45, 2.75) is 19.1 Å². The van der Waals surface area contributed by atoms with Crippen LogP contribution in [0.5, 0.6) is 5.75 Å². The monoisotopic (exact) mass is 459 g/mol. The molecule has 0 unspecified atom stereocenters. The molecule has 4 rings (SSSR count). The molecular weight excluding hydrogens is 430 g/mol. The number of nitrogens with zero attached hydrogens (tertiary/aromatic N) is 3. The van der Waals surface area contributed by atoms with Gasteiger partial charge in [-0.15, -0.1) is 0 Å². The van der Waals surface area contributed by atoms with Crippen molar-refractivity contribution in [3.8, 4) is 5.75 Å². The lowest BCUT2D eigenvalue weighted by atomic mass is 10.1. The van der Waals surface area contributed by atoms with Crippen molar-refractivity contribution in [1.82, 2.24) is 14.8 Å². The van der Waals surface area contributed by atoms with Gasteiger partial charge < -0.3 is 19.3 Å². The van der Waals surface area contributed by atoms with Gasteiger partial charge in [-0.3, -0.25) is 14.6 Å². The van der Waals surface area contributed by atoms with Crippen LogP contribution in [0, 0.1) is 0 Å². The second-order valence-electron chi connectivity index (χ2n) is 8.28. The van der Waals surface area contributed by atoms with Gasteiger partial charge in [0.05, 0.1) is 19.8 Å². The first-order valence-corrected chi connectivity index (χ1v) is 11.4. The van der Waals surface area contributed by atoms with E-state index in [2.05, 4.69) is 17.1 Å². The lowest BCUT2D eigenvalue weighted by molar-refractivity contribution is -0.131. The first-order chi connectivity index (χ1) is 16.6. The van der Waals surface area contributed by atoms with E-state index in [-0.39, 0.29) is 24.5 Å². The molecule has 1 atom stereocenters. The minimum Gasteiger partial charge on any atom is -0.497 e. The number of hydrogen-bond acceptors (Lipinski definition) is 5. The van der Waals surface area contributed by atoms with E-state index < -0.39 is 0 Å². The number of carbonyl (C=O) groups is 2. The van der Waals surface area contributed by atoms with Gasteiger partial charge in [0, 0.05) is 37.6 Å². The van der Waals surface area contributed by atoms with Crippen molar-refractivity contribution in [2.75, 3.05) is 33.3 Å². The normalized spacial score (nSPS) is 16.3. The minimum atomic E-state index is -0.320. The van der Waals surface area contributed by atoms with E-state index >= 15 is 0 Å². The van der Waals surface area contributed by atoms with Crippen molar-refractivity contribution in [2.24, 2.45) is 0 Å². The predicted octanol–water partition coefficient (Wildman–Crippen LogP) is 3.20. The van der Waals surface area contributed by atoms with E-state index in [1.165, 1.54) is 0 Å². The van der Waals surface area contributed by atoms with Gasteiger partial charge in [-0.2, -0.15) is 0 Å². The lowest BCUT2D eigenvalue weighted by Gasteiger charge is -2.25. The molecule has 34 heavy (non-hydrogen) atoms. The SMILES string of the molecule is COc1cccc(CO[C@@H]2CN(CCc3ccccc3)C(=O)CN(C(=O)c3ccncc3)C2)c1. The summed E-state index contributed by atoms with van der Waals surface area (Å²) in [6, 6.07) is 21.1. The molecule has 0 spiro atoms. The summed E-state index contributed by atoms with van der Waals surface area (Å²) in [6.07, 6.45) is 3.58. The first kappa shape index (κ1) is 23.4. The van der Waals surface area contributed by atoms with Gasteiger partial charge in [0.2, 0.25) is 5.91 Å². The van der Waals surface area contributed by atoms with E-state index in [0.717, 1.165) is 23.3 Å². The van der Waals surface area contributed by atoms with Gasteiger partial charge in [-0.1, -0.05) is 42.5 Å². The highest BCUT2D eigenvalue weighted by atomic mass is 16.5. The third kappa shape index (κ3) is 6.20. The molecule has 1 aromatic heterocycles. The first-order valence-electron chi connectivity index (χ1n) is 11.4. The van der Waals surface area contributed by atoms with Gasteiger partial charge in [0.25, 0.3) is 5.91 Å². The van der Waals surface area contributed by atoms with Crippen LogP contribution >= 0.6 is 0 Å². The molecule has 3 aromatic rings. The Morgan fingerprint density at radius 2 is 1.76 bits per heavy atom. The van der Waals surface area contributed by atoms with E-state index in [9.17, 15) is 9.59 Å². The summed E-state index contributed by atoms with van der Waals surface area (Å²) in [4.78, 5) is 33.6. The Bertz CT molecular complexity index is 1090. The van der Waals surface area contributed by atoms with Crippen molar-refractivity contribution >= 4 is 11.8 Å². The molecule has 0 bridgehead atoms. The highest BCUT2D eigenvalue weighted by Gasteiger charge is 2.31. The molecule has 0 saturated carbocycles. The van der Waals surface area contributed by atoms with E-state index in [4.69, 9.17) is 9.47 Å². The van der Waals surface area contributed by atoms with Crippen molar-refractivity contribution in [3.05, 3.63) is 95.8 Å². The van der Waals surface area contributed by atoms with Gasteiger partial charge in [0.1, 0.15) is 12.3 Å². The summed E-state index contributed by atoms with van der Waals surface area (Å²) < 4.78 is 11.5. The summed E-state index contributed by atoms with van der Waals surface area (Å²) in [5.41, 5.74) is 2.64. The molecule has 1 saturated heterocycles. The maximum Gasteiger partial charge on any atom is 0.254 e. The van der Waals surface area contributed by atoms with Crippen LogP contribution in [-0.4, -0.2) is 66.0 Å². The zero-order valence-corrected chi connectivity index (χ0v) is 19.3. The average Bonchev–Trinajstić information content (AvgIpc) is 3.05. The fraction of sp³-hybridized carbons (Fsp3) is 0.296. The number of carbonyl (C=O) groups excluding carboxylic acids is 2. The van der Waals surface area contributed by atoms with Crippen LogP contribution in [0.4, 0.5) is 0 Å². The summed E-state index contributed by atoms with van der Waals surface area (Å²) in [7, 11) is 1.63. The highest BCUT2D eigenvalue weighted by molar-refractivity contribution is 5.96. The maximum absolute atomic E-state index is 13.1. The standard InChI is InChI=1S/C27H29N3O4/c1-33-24-9-5-8-22(16-24)20-34-25-17-29(15-12-21-6-3-2-4-7-21)26(31)19-30(18-25)27(32)23-10-13-28-14-11-23/h2-11,13-14,16,25H,12,15,17-20H2,1H3/t25-/m1/s1. The predicted molar refractivity (Wildman–Crippen MR) is 128 cm³/mol. The van der Waals surface area contributed by atoms with Crippen molar-refractivity contribution < 1.29 is 19.1 Å². The number of amides is 2. The molecule has 1 aliphatic rings. The van der Waals surface area contributed by atoms with Crippen LogP contribution in [0.2, 0.25) is 0 Å². The molecule has 2 heterocycles. The molecule has 1 aliphatic heterocycles. The van der Waals surface area contributed by atoms with Gasteiger partial charge >= 0.3 is 0 Å². The number of pyridine rings is 1. The third-order valence-electron chi connectivity index (χ3n) is 5.87. The summed E-state index contributed by atoms with van der Waals surface area (Å²) in [6.45, 7) is 1.71. The fourth-order valence-electron chi connectivity index (χ4n) is 4.02. The van der Waals surface area contributed by atoms with Crippen LogP contribution in [-0.2, 0) is 22.6 Å². The van der Waals surface area contributed by atoms with Crippen LogP contribution < -0.4 is 4.74 Å². The molecule has 176 valence electrons. The largest absolute Gasteiger partial charge is 0.497 e. The van der Waals surface area contributed by atoms with Gasteiger partial charge in [-0.25, -0.2) is 0 Å².